The van der Waals surface area contributed by atoms with Crippen LogP contribution in [0.25, 0.3) is 0 Å². The first-order chi connectivity index (χ1) is 8.15. The van der Waals surface area contributed by atoms with E-state index >= 15 is 0 Å². The van der Waals surface area contributed by atoms with Gasteiger partial charge in [0.25, 0.3) is 6.20 Å². The maximum absolute atomic E-state index is 11.7. The maximum Gasteiger partial charge on any atom is 0.255 e. The maximum atomic E-state index is 11.7. The Kier molecular flexibility index (Phi) is 4.58. The van der Waals surface area contributed by atoms with Crippen molar-refractivity contribution in [2.24, 2.45) is 0 Å². The average Bonchev–Trinajstić information content (AvgIpc) is 2.68. The predicted molar refractivity (Wildman–Crippen MR) is 73.2 cm³/mol. The zero-order valence-corrected chi connectivity index (χ0v) is 11.4. The molecule has 0 amide bonds. The van der Waals surface area contributed by atoms with E-state index in [0.717, 1.165) is 29.7 Å². The third kappa shape index (κ3) is 3.79. The number of nitro groups is 1. The number of nitrogens with zero attached hydrogens (tertiary/aromatic N) is 1. The Bertz CT molecular complexity index is 406. The summed E-state index contributed by atoms with van der Waals surface area (Å²) in [5.74, 6) is 0.319. The minimum Gasteiger partial charge on any atom is -0.298 e. The minimum atomic E-state index is -0.442. The van der Waals surface area contributed by atoms with Gasteiger partial charge in [0.05, 0.1) is 14.4 Å². The molecule has 0 aromatic carbocycles. The van der Waals surface area contributed by atoms with Gasteiger partial charge in [-0.15, -0.1) is 11.8 Å². The molecule has 1 unspecified atom stereocenters. The molecule has 0 bridgehead atoms. The van der Waals surface area contributed by atoms with E-state index in [4.69, 9.17) is 0 Å². The molecule has 0 spiro atoms. The smallest absolute Gasteiger partial charge is 0.255 e. The van der Waals surface area contributed by atoms with Crippen LogP contribution in [0.15, 0.2) is 20.1 Å². The third-order valence-electron chi connectivity index (χ3n) is 2.44. The van der Waals surface area contributed by atoms with E-state index in [0.29, 0.717) is 16.4 Å². The Morgan fingerprint density at radius 2 is 2.35 bits per heavy atom. The molecule has 0 saturated heterocycles. The van der Waals surface area contributed by atoms with Crippen LogP contribution in [0, 0.1) is 10.1 Å². The van der Waals surface area contributed by atoms with Gasteiger partial charge in [-0.3, -0.25) is 14.9 Å². The van der Waals surface area contributed by atoms with Crippen LogP contribution in [0.3, 0.4) is 0 Å². The van der Waals surface area contributed by atoms with Gasteiger partial charge in [-0.2, -0.15) is 0 Å². The van der Waals surface area contributed by atoms with Crippen molar-refractivity contribution in [3.63, 3.8) is 0 Å². The lowest BCUT2D eigenvalue weighted by Gasteiger charge is -2.19. The molecule has 2 aliphatic rings. The Morgan fingerprint density at radius 1 is 1.53 bits per heavy atom. The van der Waals surface area contributed by atoms with Crippen molar-refractivity contribution in [2.75, 3.05) is 0 Å². The Morgan fingerprint density at radius 3 is 3.06 bits per heavy atom. The van der Waals surface area contributed by atoms with Gasteiger partial charge in [0.2, 0.25) is 0 Å². The topological polar surface area (TPSA) is 60.2 Å². The zero-order chi connectivity index (χ0) is 12.3. The van der Waals surface area contributed by atoms with Crippen LogP contribution < -0.4 is 0 Å². The molecule has 1 aliphatic carbocycles. The van der Waals surface area contributed by atoms with E-state index in [1.165, 1.54) is 23.5 Å². The summed E-state index contributed by atoms with van der Waals surface area (Å²) in [5, 5.41) is 12.3. The minimum absolute atomic E-state index is 0.0538. The van der Waals surface area contributed by atoms with E-state index in [1.807, 2.05) is 5.41 Å². The molecular weight excluding hydrogens is 278 g/mol. The molecule has 0 N–H and O–H groups in total. The van der Waals surface area contributed by atoms with Gasteiger partial charge in [0.15, 0.2) is 0 Å². The van der Waals surface area contributed by atoms with Crippen molar-refractivity contribution in [1.82, 2.24) is 0 Å². The molecule has 1 fully saturated rings. The van der Waals surface area contributed by atoms with Gasteiger partial charge >= 0.3 is 0 Å². The van der Waals surface area contributed by atoms with E-state index < -0.39 is 4.92 Å². The van der Waals surface area contributed by atoms with Crippen LogP contribution in [-0.2, 0) is 4.79 Å². The number of Topliss-reactive ketones (excluding diaryl/α,β-unsaturated/α-hetero) is 1. The molecular formula is C10H11NO3S3. The van der Waals surface area contributed by atoms with Crippen LogP contribution >= 0.6 is 35.3 Å². The number of thioether (sulfide) groups is 3. The standard InChI is InChI=1S/C10H11NO3S3/c12-7-3-1-2-4-8(7)16-10-6-15-9(17-10)5-11(13)14/h5-6,8H,1-4H2/b9-5-. The highest BCUT2D eigenvalue weighted by atomic mass is 32.2. The fraction of sp³-hybridized carbons (Fsp3) is 0.500. The first-order valence-electron chi connectivity index (χ1n) is 5.24. The highest BCUT2D eigenvalue weighted by Gasteiger charge is 2.26. The molecule has 1 aliphatic heterocycles. The molecule has 4 nitrogen and oxygen atoms in total. The predicted octanol–water partition coefficient (Wildman–Crippen LogP) is 3.59. The van der Waals surface area contributed by atoms with Gasteiger partial charge in [0.1, 0.15) is 10.0 Å². The number of carbonyl (C=O) groups excluding carboxylic acids is 1. The fourth-order valence-corrected chi connectivity index (χ4v) is 5.45. The molecule has 1 saturated carbocycles. The lowest BCUT2D eigenvalue weighted by Crippen LogP contribution is -2.21. The number of hydrogen-bond donors (Lipinski definition) is 0. The molecule has 92 valence electrons. The summed E-state index contributed by atoms with van der Waals surface area (Å²) >= 11 is 4.30. The van der Waals surface area contributed by atoms with E-state index in [2.05, 4.69) is 0 Å². The summed E-state index contributed by atoms with van der Waals surface area (Å²) in [5.41, 5.74) is 0. The molecule has 0 aromatic heterocycles. The largest absolute Gasteiger partial charge is 0.298 e. The zero-order valence-electron chi connectivity index (χ0n) is 8.96. The normalized spacial score (nSPS) is 27.3. The van der Waals surface area contributed by atoms with Crippen molar-refractivity contribution < 1.29 is 9.72 Å². The van der Waals surface area contributed by atoms with Crippen molar-refractivity contribution in [2.45, 2.75) is 30.9 Å². The summed E-state index contributed by atoms with van der Waals surface area (Å²) < 4.78 is 1.67. The van der Waals surface area contributed by atoms with Gasteiger partial charge < -0.3 is 0 Å². The van der Waals surface area contributed by atoms with Gasteiger partial charge in [-0.1, -0.05) is 29.9 Å². The number of carbonyl (C=O) groups is 1. The Balaban J connectivity index is 1.89. The number of hydrogen-bond acceptors (Lipinski definition) is 6. The number of rotatable bonds is 3. The lowest BCUT2D eigenvalue weighted by molar-refractivity contribution is -0.402. The average molecular weight is 289 g/mol. The highest BCUT2D eigenvalue weighted by Crippen LogP contribution is 2.50. The van der Waals surface area contributed by atoms with Crippen LogP contribution in [0.1, 0.15) is 25.7 Å². The van der Waals surface area contributed by atoms with Gasteiger partial charge in [0, 0.05) is 6.42 Å². The van der Waals surface area contributed by atoms with E-state index in [-0.39, 0.29) is 5.25 Å². The summed E-state index contributed by atoms with van der Waals surface area (Å²) in [6.07, 6.45) is 4.73. The summed E-state index contributed by atoms with van der Waals surface area (Å²) in [6, 6.07) is 0. The molecule has 0 aromatic rings. The molecule has 1 atom stereocenters. The van der Waals surface area contributed by atoms with Crippen molar-refractivity contribution >= 4 is 41.1 Å². The summed E-state index contributed by atoms with van der Waals surface area (Å²) in [7, 11) is 0. The lowest BCUT2D eigenvalue weighted by atomic mass is 9.99. The van der Waals surface area contributed by atoms with Gasteiger partial charge in [-0.05, 0) is 18.2 Å². The summed E-state index contributed by atoms with van der Waals surface area (Å²) in [4.78, 5) is 21.5. The van der Waals surface area contributed by atoms with E-state index in [1.54, 1.807) is 11.8 Å². The second kappa shape index (κ2) is 5.97. The first kappa shape index (κ1) is 13.0. The van der Waals surface area contributed by atoms with Crippen LogP contribution in [0.4, 0.5) is 0 Å². The third-order valence-corrected chi connectivity index (χ3v) is 6.27. The molecule has 0 radical (unpaired) electrons. The van der Waals surface area contributed by atoms with Crippen molar-refractivity contribution in [3.05, 3.63) is 30.2 Å². The van der Waals surface area contributed by atoms with Crippen molar-refractivity contribution in [3.8, 4) is 0 Å². The van der Waals surface area contributed by atoms with Crippen LogP contribution in [-0.4, -0.2) is 16.0 Å². The first-order valence-corrected chi connectivity index (χ1v) is 7.82. The Labute approximate surface area is 112 Å². The quantitative estimate of drug-likeness (QED) is 0.584. The fourth-order valence-electron chi connectivity index (χ4n) is 1.66. The molecule has 17 heavy (non-hydrogen) atoms. The molecule has 1 heterocycles. The highest BCUT2D eigenvalue weighted by molar-refractivity contribution is 8.35. The number of ketones is 1. The Hall–Kier alpha value is -0.400. The SMILES string of the molecule is O=C1CCCCC1SC1=CS/C(=C/[N+](=O)[O-])S1. The molecule has 7 heteroatoms. The van der Waals surface area contributed by atoms with Gasteiger partial charge in [-0.25, -0.2) is 0 Å². The molecule has 2 rings (SSSR count). The summed E-state index contributed by atoms with van der Waals surface area (Å²) in [6.45, 7) is 0. The van der Waals surface area contributed by atoms with Crippen LogP contribution in [0.5, 0.6) is 0 Å². The second-order valence-electron chi connectivity index (χ2n) is 3.71. The van der Waals surface area contributed by atoms with E-state index in [9.17, 15) is 14.9 Å². The second-order valence-corrected chi connectivity index (χ2v) is 7.47. The monoisotopic (exact) mass is 289 g/mol. The van der Waals surface area contributed by atoms with Crippen molar-refractivity contribution in [1.29, 1.82) is 0 Å². The van der Waals surface area contributed by atoms with Crippen LogP contribution in [0.2, 0.25) is 0 Å².